The van der Waals surface area contributed by atoms with Gasteiger partial charge in [-0.3, -0.25) is 9.80 Å². The Labute approximate surface area is 356 Å². The third-order valence-corrected chi connectivity index (χ3v) is 12.3. The second-order valence-corrected chi connectivity index (χ2v) is 15.6. The molecule has 4 saturated heterocycles. The van der Waals surface area contributed by atoms with Gasteiger partial charge in [-0.1, -0.05) is 97.1 Å². The summed E-state index contributed by atoms with van der Waals surface area (Å²) >= 11 is 0. The predicted molar refractivity (Wildman–Crippen MR) is 244 cm³/mol. The third-order valence-electron chi connectivity index (χ3n) is 12.3. The fraction of sp³-hybridized carbons (Fsp3) is 0.375. The molecule has 6 heterocycles. The van der Waals surface area contributed by atoms with Crippen molar-refractivity contribution < 1.29 is 9.47 Å². The summed E-state index contributed by atoms with van der Waals surface area (Å²) < 4.78 is 11.1. The Kier molecular flexibility index (Phi) is 14.5. The largest absolute Gasteiger partial charge is 0.379 e. The van der Waals surface area contributed by atoms with Crippen LogP contribution in [0.1, 0.15) is 25.7 Å². The molecule has 0 aliphatic carbocycles. The van der Waals surface area contributed by atoms with Crippen LogP contribution in [-0.4, -0.2) is 111 Å². The molecule has 0 N–H and O–H groups in total. The lowest BCUT2D eigenvalue weighted by atomic mass is 10.0. The number of fused-ring (bicyclic) bond motifs is 2. The maximum atomic E-state index is 5.53. The molecule has 0 saturated carbocycles. The second kappa shape index (κ2) is 20.1. The van der Waals surface area contributed by atoms with Gasteiger partial charge in [-0.15, -0.1) is 24.8 Å². The quantitative estimate of drug-likeness (QED) is 0.165. The third kappa shape index (κ3) is 9.60. The Hall–Kier alpha value is -4.28. The Bertz CT molecular complexity index is 2030. The van der Waals surface area contributed by atoms with E-state index in [0.29, 0.717) is 12.1 Å². The number of pyridine rings is 2. The molecule has 304 valence electrons. The highest BCUT2D eigenvalue weighted by Crippen LogP contribution is 2.35. The molecular formula is C48H56Cl2N6O2. The second-order valence-electron chi connectivity index (χ2n) is 15.6. The summed E-state index contributed by atoms with van der Waals surface area (Å²) in [6, 6.07) is 44.1. The molecule has 0 unspecified atom stereocenters. The highest BCUT2D eigenvalue weighted by Gasteiger charge is 2.28. The minimum absolute atomic E-state index is 0. The summed E-state index contributed by atoms with van der Waals surface area (Å²) in [6.07, 6.45) is 4.88. The van der Waals surface area contributed by atoms with E-state index in [-0.39, 0.29) is 24.8 Å². The summed E-state index contributed by atoms with van der Waals surface area (Å²) in [7, 11) is 0. The molecule has 0 bridgehead atoms. The van der Waals surface area contributed by atoms with Crippen LogP contribution in [0.15, 0.2) is 121 Å². The Balaban J connectivity index is 0.000000171. The number of rotatable bonds is 6. The van der Waals surface area contributed by atoms with Crippen molar-refractivity contribution in [3.63, 3.8) is 0 Å². The molecule has 4 aliphatic heterocycles. The molecule has 10 heteroatoms. The fourth-order valence-electron chi connectivity index (χ4n) is 9.18. The lowest BCUT2D eigenvalue weighted by Crippen LogP contribution is -2.49. The van der Waals surface area contributed by atoms with E-state index in [2.05, 4.69) is 141 Å². The van der Waals surface area contributed by atoms with Crippen molar-refractivity contribution in [2.45, 2.75) is 37.8 Å². The zero-order valence-corrected chi connectivity index (χ0v) is 35.0. The lowest BCUT2D eigenvalue weighted by molar-refractivity contribution is 0.0115. The van der Waals surface area contributed by atoms with E-state index >= 15 is 0 Å². The summed E-state index contributed by atoms with van der Waals surface area (Å²) in [5, 5.41) is 2.51. The van der Waals surface area contributed by atoms with E-state index in [1.54, 1.807) is 0 Å². The number of morpholine rings is 2. The van der Waals surface area contributed by atoms with Gasteiger partial charge in [0.05, 0.1) is 48.8 Å². The molecule has 2 aromatic heterocycles. The smallest absolute Gasteiger partial charge is 0.0730 e. The number of anilines is 2. The van der Waals surface area contributed by atoms with Crippen LogP contribution in [0.25, 0.3) is 44.3 Å². The van der Waals surface area contributed by atoms with Crippen LogP contribution in [-0.2, 0) is 9.47 Å². The van der Waals surface area contributed by atoms with Gasteiger partial charge in [-0.05, 0) is 49.9 Å². The number of para-hydroxylation sites is 2. The number of halogens is 2. The summed E-state index contributed by atoms with van der Waals surface area (Å²) in [5.74, 6) is 0. The van der Waals surface area contributed by atoms with E-state index in [1.165, 1.54) is 59.0 Å². The first-order valence-corrected chi connectivity index (χ1v) is 20.8. The normalized spacial score (nSPS) is 18.6. The van der Waals surface area contributed by atoms with Crippen LogP contribution < -0.4 is 9.80 Å². The molecule has 58 heavy (non-hydrogen) atoms. The number of aromatic nitrogens is 2. The monoisotopic (exact) mass is 818 g/mol. The van der Waals surface area contributed by atoms with Crippen LogP contribution in [0, 0.1) is 0 Å². The van der Waals surface area contributed by atoms with Crippen LogP contribution in [0.5, 0.6) is 0 Å². The van der Waals surface area contributed by atoms with Gasteiger partial charge in [-0.2, -0.15) is 0 Å². The number of nitrogens with zero attached hydrogens (tertiary/aromatic N) is 6. The summed E-state index contributed by atoms with van der Waals surface area (Å²) in [5.41, 5.74) is 9.28. The van der Waals surface area contributed by atoms with Gasteiger partial charge in [0.25, 0.3) is 0 Å². The highest BCUT2D eigenvalue weighted by molar-refractivity contribution is 5.95. The molecular weight excluding hydrogens is 763 g/mol. The van der Waals surface area contributed by atoms with Crippen LogP contribution in [0.3, 0.4) is 0 Å². The first-order valence-electron chi connectivity index (χ1n) is 20.8. The summed E-state index contributed by atoms with van der Waals surface area (Å²) in [6.45, 7) is 12.3. The molecule has 0 spiro atoms. The number of piperidine rings is 2. The van der Waals surface area contributed by atoms with Crippen molar-refractivity contribution in [3.8, 4) is 22.5 Å². The Morgan fingerprint density at radius 2 is 0.759 bits per heavy atom. The maximum Gasteiger partial charge on any atom is 0.0730 e. The number of hydrogen-bond donors (Lipinski definition) is 0. The molecule has 10 rings (SSSR count). The number of hydrogen-bond acceptors (Lipinski definition) is 8. The molecule has 4 aliphatic rings. The zero-order valence-electron chi connectivity index (χ0n) is 33.3. The van der Waals surface area contributed by atoms with Crippen molar-refractivity contribution >= 4 is 58.0 Å². The molecule has 6 aromatic rings. The van der Waals surface area contributed by atoms with Crippen molar-refractivity contribution in [1.29, 1.82) is 0 Å². The number of ether oxygens (including phenoxy) is 2. The van der Waals surface area contributed by atoms with Crippen molar-refractivity contribution in [3.05, 3.63) is 121 Å². The van der Waals surface area contributed by atoms with Gasteiger partial charge in [0, 0.05) is 97.7 Å². The first-order chi connectivity index (χ1) is 27.8. The molecule has 0 radical (unpaired) electrons. The predicted octanol–water partition coefficient (Wildman–Crippen LogP) is 9.25. The lowest BCUT2D eigenvalue weighted by Gasteiger charge is -2.41. The topological polar surface area (TPSA) is 57.2 Å². The molecule has 4 aromatic carbocycles. The highest BCUT2D eigenvalue weighted by atomic mass is 35.5. The molecule has 4 fully saturated rings. The molecule has 0 amide bonds. The van der Waals surface area contributed by atoms with Gasteiger partial charge in [0.15, 0.2) is 0 Å². The van der Waals surface area contributed by atoms with E-state index < -0.39 is 0 Å². The van der Waals surface area contributed by atoms with E-state index in [9.17, 15) is 0 Å². The van der Waals surface area contributed by atoms with Gasteiger partial charge < -0.3 is 19.3 Å². The first kappa shape index (κ1) is 41.9. The van der Waals surface area contributed by atoms with Gasteiger partial charge in [0.2, 0.25) is 0 Å². The van der Waals surface area contributed by atoms with Crippen LogP contribution in [0.2, 0.25) is 0 Å². The zero-order chi connectivity index (χ0) is 37.5. The SMILES string of the molecule is Cl.Cl.c1ccc(-c2cc(N3CCC(N4CCOCC4)CC3)c3ccccc3n2)cc1.c1ccc(-c2cc(N3CCC(N4CCOCC4)CC3)c3ccccc3n2)cc1. The van der Waals surface area contributed by atoms with Crippen LogP contribution >= 0.6 is 24.8 Å². The van der Waals surface area contributed by atoms with E-state index in [0.717, 1.165) is 101 Å². The summed E-state index contributed by atoms with van der Waals surface area (Å²) in [4.78, 5) is 20.3. The molecule has 0 atom stereocenters. The van der Waals surface area contributed by atoms with Gasteiger partial charge >= 0.3 is 0 Å². The standard InChI is InChI=1S/2C24H27N3O.2ClH/c2*1-2-6-19(7-3-1)23-18-24(21-8-4-5-9-22(21)25-23)27-12-10-20(11-13-27)26-14-16-28-17-15-26;;/h2*1-9,18,20H,10-17H2;2*1H. The van der Waals surface area contributed by atoms with Gasteiger partial charge in [0.1, 0.15) is 0 Å². The van der Waals surface area contributed by atoms with Crippen molar-refractivity contribution in [2.24, 2.45) is 0 Å². The van der Waals surface area contributed by atoms with E-state index in [1.807, 2.05) is 0 Å². The Morgan fingerprint density at radius 3 is 1.14 bits per heavy atom. The minimum atomic E-state index is 0. The minimum Gasteiger partial charge on any atom is -0.379 e. The average molecular weight is 820 g/mol. The van der Waals surface area contributed by atoms with Crippen molar-refractivity contribution in [1.82, 2.24) is 19.8 Å². The fourth-order valence-corrected chi connectivity index (χ4v) is 9.18. The van der Waals surface area contributed by atoms with Crippen LogP contribution in [0.4, 0.5) is 11.4 Å². The van der Waals surface area contributed by atoms with Gasteiger partial charge in [-0.25, -0.2) is 9.97 Å². The maximum absolute atomic E-state index is 5.53. The van der Waals surface area contributed by atoms with E-state index in [4.69, 9.17) is 19.4 Å². The average Bonchev–Trinajstić information content (AvgIpc) is 3.30. The number of benzene rings is 4. The van der Waals surface area contributed by atoms with Crippen molar-refractivity contribution in [2.75, 3.05) is 88.6 Å². The molecule has 8 nitrogen and oxygen atoms in total. The Morgan fingerprint density at radius 1 is 0.414 bits per heavy atom.